The van der Waals surface area contributed by atoms with Crippen molar-refractivity contribution in [3.63, 3.8) is 0 Å². The molecule has 0 radical (unpaired) electrons. The quantitative estimate of drug-likeness (QED) is 0.681. The third-order valence-electron chi connectivity index (χ3n) is 5.78. The van der Waals surface area contributed by atoms with Gasteiger partial charge in [0, 0.05) is 30.7 Å². The molecule has 1 aromatic heterocycles. The SMILES string of the molecule is COc1ccc([C@H]2c3cccn3CCN2C(=O)Nc2ccc(C)c(C)c2)cc1OC. The highest BCUT2D eigenvalue weighted by Crippen LogP contribution is 2.37. The van der Waals surface area contributed by atoms with Crippen molar-refractivity contribution in [2.45, 2.75) is 26.4 Å². The smallest absolute Gasteiger partial charge is 0.322 e. The number of aromatic nitrogens is 1. The van der Waals surface area contributed by atoms with Crippen LogP contribution in [0.1, 0.15) is 28.4 Å². The number of nitrogens with one attached hydrogen (secondary N) is 1. The van der Waals surface area contributed by atoms with Crippen LogP contribution in [-0.2, 0) is 6.54 Å². The summed E-state index contributed by atoms with van der Waals surface area (Å²) in [4.78, 5) is 15.2. The molecule has 4 rings (SSSR count). The maximum Gasteiger partial charge on any atom is 0.322 e. The first-order valence-electron chi connectivity index (χ1n) is 10.0. The number of carbonyl (C=O) groups is 1. The summed E-state index contributed by atoms with van der Waals surface area (Å²) in [7, 11) is 3.24. The van der Waals surface area contributed by atoms with E-state index < -0.39 is 0 Å². The Bertz CT molecular complexity index is 1070. The molecular formula is C24H27N3O3. The summed E-state index contributed by atoms with van der Waals surface area (Å²) in [6.45, 7) is 5.47. The Labute approximate surface area is 177 Å². The lowest BCUT2D eigenvalue weighted by Gasteiger charge is -2.37. The minimum Gasteiger partial charge on any atom is -0.493 e. The number of anilines is 1. The van der Waals surface area contributed by atoms with E-state index in [-0.39, 0.29) is 12.1 Å². The zero-order valence-corrected chi connectivity index (χ0v) is 17.8. The van der Waals surface area contributed by atoms with Gasteiger partial charge in [-0.25, -0.2) is 4.79 Å². The van der Waals surface area contributed by atoms with Crippen LogP contribution in [0.15, 0.2) is 54.7 Å². The van der Waals surface area contributed by atoms with Crippen LogP contribution >= 0.6 is 0 Å². The molecule has 6 heteroatoms. The minimum absolute atomic E-state index is 0.120. The highest BCUT2D eigenvalue weighted by atomic mass is 16.5. The highest BCUT2D eigenvalue weighted by Gasteiger charge is 2.32. The Hall–Kier alpha value is -3.41. The molecule has 0 saturated heterocycles. The van der Waals surface area contributed by atoms with E-state index in [0.717, 1.165) is 29.1 Å². The van der Waals surface area contributed by atoms with Crippen molar-refractivity contribution < 1.29 is 14.3 Å². The van der Waals surface area contributed by atoms with Crippen molar-refractivity contribution in [1.82, 2.24) is 9.47 Å². The molecule has 1 aliphatic heterocycles. The van der Waals surface area contributed by atoms with Crippen molar-refractivity contribution in [3.8, 4) is 11.5 Å². The number of aryl methyl sites for hydroxylation is 2. The summed E-state index contributed by atoms with van der Waals surface area (Å²) < 4.78 is 13.1. The van der Waals surface area contributed by atoms with E-state index >= 15 is 0 Å². The van der Waals surface area contributed by atoms with Crippen LogP contribution in [0.25, 0.3) is 0 Å². The van der Waals surface area contributed by atoms with Gasteiger partial charge in [0.2, 0.25) is 0 Å². The summed E-state index contributed by atoms with van der Waals surface area (Å²) >= 11 is 0. The molecule has 1 atom stereocenters. The fourth-order valence-electron chi connectivity index (χ4n) is 3.99. The summed E-state index contributed by atoms with van der Waals surface area (Å²) in [5.74, 6) is 1.31. The summed E-state index contributed by atoms with van der Waals surface area (Å²) in [5, 5.41) is 3.08. The number of benzene rings is 2. The van der Waals surface area contributed by atoms with Gasteiger partial charge < -0.3 is 24.3 Å². The van der Waals surface area contributed by atoms with Gasteiger partial charge >= 0.3 is 6.03 Å². The van der Waals surface area contributed by atoms with Crippen LogP contribution in [-0.4, -0.2) is 36.3 Å². The van der Waals surface area contributed by atoms with Crippen LogP contribution < -0.4 is 14.8 Å². The minimum atomic E-state index is -0.222. The average molecular weight is 405 g/mol. The van der Waals surface area contributed by atoms with Gasteiger partial charge in [0.25, 0.3) is 0 Å². The van der Waals surface area contributed by atoms with E-state index in [1.54, 1.807) is 14.2 Å². The zero-order valence-electron chi connectivity index (χ0n) is 17.8. The van der Waals surface area contributed by atoms with Crippen molar-refractivity contribution in [1.29, 1.82) is 0 Å². The van der Waals surface area contributed by atoms with Crippen molar-refractivity contribution in [2.24, 2.45) is 0 Å². The molecule has 0 fully saturated rings. The summed E-state index contributed by atoms with van der Waals surface area (Å²) in [5.41, 5.74) is 5.20. The van der Waals surface area contributed by atoms with E-state index in [2.05, 4.69) is 29.1 Å². The van der Waals surface area contributed by atoms with Gasteiger partial charge in [0.15, 0.2) is 11.5 Å². The first kappa shape index (κ1) is 19.9. The number of methoxy groups -OCH3 is 2. The van der Waals surface area contributed by atoms with Gasteiger partial charge in [-0.15, -0.1) is 0 Å². The number of urea groups is 1. The fourth-order valence-corrected chi connectivity index (χ4v) is 3.99. The van der Waals surface area contributed by atoms with E-state index in [4.69, 9.17) is 9.47 Å². The molecule has 2 heterocycles. The molecule has 2 aromatic carbocycles. The topological polar surface area (TPSA) is 55.7 Å². The van der Waals surface area contributed by atoms with Crippen LogP contribution in [0.5, 0.6) is 11.5 Å². The highest BCUT2D eigenvalue weighted by molar-refractivity contribution is 5.90. The number of nitrogens with zero attached hydrogens (tertiary/aromatic N) is 2. The fraction of sp³-hybridized carbons (Fsp3) is 0.292. The Morgan fingerprint density at radius 1 is 0.967 bits per heavy atom. The molecule has 2 amide bonds. The van der Waals surface area contributed by atoms with Crippen LogP contribution in [0.4, 0.5) is 10.5 Å². The van der Waals surface area contributed by atoms with E-state index in [1.807, 2.05) is 54.3 Å². The third-order valence-corrected chi connectivity index (χ3v) is 5.78. The van der Waals surface area contributed by atoms with Crippen molar-refractivity contribution in [3.05, 3.63) is 77.1 Å². The Kier molecular flexibility index (Phi) is 5.40. The standard InChI is InChI=1S/C24H27N3O3/c1-16-7-9-19(14-17(16)2)25-24(28)27-13-12-26-11-5-6-20(26)23(27)18-8-10-21(29-3)22(15-18)30-4/h5-11,14-15,23H,12-13H2,1-4H3,(H,25,28)/t23-/m0/s1. The van der Waals surface area contributed by atoms with Crippen molar-refractivity contribution >= 4 is 11.7 Å². The molecule has 1 N–H and O–H groups in total. The monoisotopic (exact) mass is 405 g/mol. The van der Waals surface area contributed by atoms with E-state index in [9.17, 15) is 4.79 Å². The average Bonchev–Trinajstić information content (AvgIpc) is 3.24. The maximum atomic E-state index is 13.3. The molecule has 30 heavy (non-hydrogen) atoms. The molecule has 6 nitrogen and oxygen atoms in total. The number of carbonyl (C=O) groups excluding carboxylic acids is 1. The molecule has 3 aromatic rings. The molecule has 156 valence electrons. The van der Waals surface area contributed by atoms with Gasteiger partial charge in [0.05, 0.1) is 20.3 Å². The molecule has 0 unspecified atom stereocenters. The lowest BCUT2D eigenvalue weighted by atomic mass is 9.99. The lowest BCUT2D eigenvalue weighted by Crippen LogP contribution is -2.44. The predicted octanol–water partition coefficient (Wildman–Crippen LogP) is 4.76. The predicted molar refractivity (Wildman–Crippen MR) is 117 cm³/mol. The molecule has 0 bridgehead atoms. The van der Waals surface area contributed by atoms with Gasteiger partial charge in [-0.3, -0.25) is 0 Å². The van der Waals surface area contributed by atoms with Crippen LogP contribution in [0.3, 0.4) is 0 Å². The van der Waals surface area contributed by atoms with E-state index in [1.165, 1.54) is 5.56 Å². The molecule has 1 aliphatic rings. The van der Waals surface area contributed by atoms with E-state index in [0.29, 0.717) is 18.0 Å². The molecule has 0 spiro atoms. The number of ether oxygens (including phenoxy) is 2. The number of hydrogen-bond donors (Lipinski definition) is 1. The number of hydrogen-bond acceptors (Lipinski definition) is 3. The second-order valence-electron chi connectivity index (χ2n) is 7.57. The van der Waals surface area contributed by atoms with Gasteiger partial charge in [0.1, 0.15) is 0 Å². The second kappa shape index (κ2) is 8.14. The normalized spacial score (nSPS) is 15.5. The molecule has 0 saturated carbocycles. The third kappa shape index (κ3) is 3.61. The summed E-state index contributed by atoms with van der Waals surface area (Å²) in [6.07, 6.45) is 2.06. The van der Waals surface area contributed by atoms with Gasteiger partial charge in [-0.1, -0.05) is 12.1 Å². The zero-order chi connectivity index (χ0) is 21.3. The number of fused-ring (bicyclic) bond motifs is 1. The van der Waals surface area contributed by atoms with Crippen LogP contribution in [0, 0.1) is 13.8 Å². The van der Waals surface area contributed by atoms with Crippen molar-refractivity contribution in [2.75, 3.05) is 26.1 Å². The second-order valence-corrected chi connectivity index (χ2v) is 7.57. The van der Waals surface area contributed by atoms with Gasteiger partial charge in [-0.2, -0.15) is 0 Å². The lowest BCUT2D eigenvalue weighted by molar-refractivity contribution is 0.181. The number of amides is 2. The number of rotatable bonds is 4. The first-order chi connectivity index (χ1) is 14.5. The Morgan fingerprint density at radius 3 is 2.50 bits per heavy atom. The largest absolute Gasteiger partial charge is 0.493 e. The van der Waals surface area contributed by atoms with Crippen LogP contribution in [0.2, 0.25) is 0 Å². The summed E-state index contributed by atoms with van der Waals surface area (Å²) in [6, 6.07) is 15.5. The maximum absolute atomic E-state index is 13.3. The first-order valence-corrected chi connectivity index (χ1v) is 10.0. The Morgan fingerprint density at radius 2 is 1.77 bits per heavy atom. The Balaban J connectivity index is 1.69. The molecular weight excluding hydrogens is 378 g/mol. The van der Waals surface area contributed by atoms with Gasteiger partial charge in [-0.05, 0) is 66.9 Å². The molecule has 0 aliphatic carbocycles.